The number of rotatable bonds is 4. The molecule has 1 unspecified atom stereocenters. The average molecular weight is 270 g/mol. The van der Waals surface area contributed by atoms with Crippen LogP contribution in [0.15, 0.2) is 36.5 Å². The largest absolute Gasteiger partial charge is 0.329 e. The first kappa shape index (κ1) is 13.5. The van der Waals surface area contributed by atoms with Crippen molar-refractivity contribution in [3.63, 3.8) is 0 Å². The van der Waals surface area contributed by atoms with Crippen molar-refractivity contribution in [2.24, 2.45) is 5.73 Å². The molecule has 0 aliphatic carbocycles. The number of nitrogens with two attached hydrogens (primary N) is 1. The lowest BCUT2D eigenvalue weighted by molar-refractivity contribution is 0.130. The van der Waals surface area contributed by atoms with Gasteiger partial charge in [-0.25, -0.2) is 10.4 Å². The number of piperidine rings is 1. The van der Waals surface area contributed by atoms with E-state index in [0.717, 1.165) is 18.6 Å². The minimum absolute atomic E-state index is 0.178. The summed E-state index contributed by atoms with van der Waals surface area (Å²) in [5.41, 5.74) is 11.8. The van der Waals surface area contributed by atoms with E-state index in [4.69, 9.17) is 5.73 Å². The molecule has 1 aliphatic rings. The van der Waals surface area contributed by atoms with E-state index in [0.29, 0.717) is 6.54 Å². The minimum atomic E-state index is 0.178. The number of hydrazine groups is 1. The van der Waals surface area contributed by atoms with E-state index < -0.39 is 0 Å². The summed E-state index contributed by atoms with van der Waals surface area (Å²) in [6.45, 7) is 2.83. The van der Waals surface area contributed by atoms with Gasteiger partial charge in [0.1, 0.15) is 0 Å². The van der Waals surface area contributed by atoms with E-state index in [2.05, 4.69) is 39.7 Å². The smallest absolute Gasteiger partial charge is 0.0702 e. The maximum atomic E-state index is 5.96. The predicted molar refractivity (Wildman–Crippen MR) is 82.1 cm³/mol. The lowest BCUT2D eigenvalue weighted by Crippen LogP contribution is -2.45. The van der Waals surface area contributed by atoms with Gasteiger partial charge in [-0.15, -0.1) is 0 Å². The highest BCUT2D eigenvalue weighted by atomic mass is 15.5. The van der Waals surface area contributed by atoms with Crippen LogP contribution in [0, 0.1) is 0 Å². The summed E-state index contributed by atoms with van der Waals surface area (Å²) < 4.78 is 0. The van der Waals surface area contributed by atoms with Gasteiger partial charge >= 0.3 is 0 Å². The molecular formula is C16H22N4. The zero-order valence-corrected chi connectivity index (χ0v) is 11.8. The van der Waals surface area contributed by atoms with Crippen LogP contribution in [0.2, 0.25) is 0 Å². The van der Waals surface area contributed by atoms with Gasteiger partial charge in [-0.05, 0) is 36.6 Å². The van der Waals surface area contributed by atoms with Crippen molar-refractivity contribution in [2.75, 3.05) is 19.6 Å². The van der Waals surface area contributed by atoms with Crippen LogP contribution in [0.1, 0.15) is 30.9 Å². The summed E-state index contributed by atoms with van der Waals surface area (Å²) in [5, 5.41) is 3.48. The van der Waals surface area contributed by atoms with Crippen molar-refractivity contribution in [3.8, 4) is 0 Å². The second kappa shape index (κ2) is 6.31. The van der Waals surface area contributed by atoms with Gasteiger partial charge in [0.05, 0.1) is 11.6 Å². The zero-order chi connectivity index (χ0) is 13.8. The van der Waals surface area contributed by atoms with Gasteiger partial charge in [-0.2, -0.15) is 0 Å². The Hall–Kier alpha value is -1.49. The first-order valence-electron chi connectivity index (χ1n) is 7.43. The lowest BCUT2D eigenvalue weighted by atomic mass is 10.0. The van der Waals surface area contributed by atoms with Gasteiger partial charge < -0.3 is 5.73 Å². The number of hydrogen-bond acceptors (Lipinski definition) is 4. The fourth-order valence-corrected chi connectivity index (χ4v) is 2.82. The first-order valence-corrected chi connectivity index (χ1v) is 7.43. The van der Waals surface area contributed by atoms with Crippen molar-refractivity contribution in [3.05, 3.63) is 42.1 Å². The molecule has 1 aromatic carbocycles. The molecule has 4 heteroatoms. The van der Waals surface area contributed by atoms with E-state index in [1.54, 1.807) is 0 Å². The van der Waals surface area contributed by atoms with Crippen molar-refractivity contribution in [1.82, 2.24) is 15.4 Å². The SMILES string of the molecule is NCC(NN1CCCCC1)c1ccc2ncccc2c1. The van der Waals surface area contributed by atoms with E-state index >= 15 is 0 Å². The predicted octanol–water partition coefficient (Wildman–Crippen LogP) is 2.23. The molecule has 1 aliphatic heterocycles. The third-order valence-electron chi connectivity index (χ3n) is 3.96. The molecule has 3 N–H and O–H groups in total. The fourth-order valence-electron chi connectivity index (χ4n) is 2.82. The highest BCUT2D eigenvalue weighted by molar-refractivity contribution is 5.79. The molecule has 4 nitrogen and oxygen atoms in total. The second-order valence-corrected chi connectivity index (χ2v) is 5.42. The quantitative estimate of drug-likeness (QED) is 0.894. The average Bonchev–Trinajstić information content (AvgIpc) is 2.53. The second-order valence-electron chi connectivity index (χ2n) is 5.42. The molecule has 1 aromatic heterocycles. The van der Waals surface area contributed by atoms with Crippen LogP contribution in [0.3, 0.4) is 0 Å². The topological polar surface area (TPSA) is 54.2 Å². The number of hydrogen-bond donors (Lipinski definition) is 2. The highest BCUT2D eigenvalue weighted by Gasteiger charge is 2.16. The van der Waals surface area contributed by atoms with Gasteiger partial charge in [0.25, 0.3) is 0 Å². The molecule has 1 fully saturated rings. The monoisotopic (exact) mass is 270 g/mol. The van der Waals surface area contributed by atoms with Crippen molar-refractivity contribution >= 4 is 10.9 Å². The first-order chi connectivity index (χ1) is 9.86. The Morgan fingerprint density at radius 3 is 2.85 bits per heavy atom. The van der Waals surface area contributed by atoms with Gasteiger partial charge in [-0.3, -0.25) is 4.98 Å². The molecule has 1 atom stereocenters. The molecule has 0 radical (unpaired) electrons. The Kier molecular flexibility index (Phi) is 4.25. The summed E-state index contributed by atoms with van der Waals surface area (Å²) in [4.78, 5) is 4.36. The lowest BCUT2D eigenvalue weighted by Gasteiger charge is -2.31. The summed E-state index contributed by atoms with van der Waals surface area (Å²) in [5.74, 6) is 0. The molecule has 106 valence electrons. The fraction of sp³-hybridized carbons (Fsp3) is 0.438. The standard InChI is InChI=1S/C16H22N4/c17-12-16(19-20-9-2-1-3-10-20)14-6-7-15-13(11-14)5-4-8-18-15/h4-8,11,16,19H,1-3,9-10,12,17H2. The number of benzene rings is 1. The molecule has 2 aromatic rings. The minimum Gasteiger partial charge on any atom is -0.329 e. The summed E-state index contributed by atoms with van der Waals surface area (Å²) in [7, 11) is 0. The summed E-state index contributed by atoms with van der Waals surface area (Å²) in [6.07, 6.45) is 5.71. The molecule has 1 saturated heterocycles. The van der Waals surface area contributed by atoms with Gasteiger partial charge in [0.2, 0.25) is 0 Å². The van der Waals surface area contributed by atoms with Crippen molar-refractivity contribution in [1.29, 1.82) is 0 Å². The van der Waals surface area contributed by atoms with Crippen LogP contribution in [-0.4, -0.2) is 29.6 Å². The highest BCUT2D eigenvalue weighted by Crippen LogP contribution is 2.19. The Labute approximate surface area is 120 Å². The summed E-state index contributed by atoms with van der Waals surface area (Å²) in [6, 6.07) is 10.6. The molecule has 3 rings (SSSR count). The van der Waals surface area contributed by atoms with Gasteiger partial charge in [0.15, 0.2) is 0 Å². The molecule has 2 heterocycles. The molecular weight excluding hydrogens is 248 g/mol. The third-order valence-corrected chi connectivity index (χ3v) is 3.96. The Bertz CT molecular complexity index is 563. The maximum absolute atomic E-state index is 5.96. The Morgan fingerprint density at radius 2 is 2.05 bits per heavy atom. The third kappa shape index (κ3) is 2.98. The van der Waals surface area contributed by atoms with E-state index in [-0.39, 0.29) is 6.04 Å². The molecule has 20 heavy (non-hydrogen) atoms. The Morgan fingerprint density at radius 1 is 1.20 bits per heavy atom. The maximum Gasteiger partial charge on any atom is 0.0702 e. The Balaban J connectivity index is 1.79. The van der Waals surface area contributed by atoms with E-state index in [1.165, 1.54) is 30.2 Å². The number of fused-ring (bicyclic) bond motifs is 1. The van der Waals surface area contributed by atoms with Crippen molar-refractivity contribution in [2.45, 2.75) is 25.3 Å². The molecule has 0 saturated carbocycles. The van der Waals surface area contributed by atoms with E-state index in [1.807, 2.05) is 12.3 Å². The van der Waals surface area contributed by atoms with Gasteiger partial charge in [-0.1, -0.05) is 18.6 Å². The van der Waals surface area contributed by atoms with E-state index in [9.17, 15) is 0 Å². The molecule has 0 amide bonds. The van der Waals surface area contributed by atoms with Crippen molar-refractivity contribution < 1.29 is 0 Å². The normalized spacial score (nSPS) is 18.2. The molecule has 0 bridgehead atoms. The van der Waals surface area contributed by atoms with Crippen LogP contribution >= 0.6 is 0 Å². The van der Waals surface area contributed by atoms with Crippen LogP contribution in [-0.2, 0) is 0 Å². The zero-order valence-electron chi connectivity index (χ0n) is 11.8. The van der Waals surface area contributed by atoms with Crippen LogP contribution in [0.25, 0.3) is 10.9 Å². The van der Waals surface area contributed by atoms with Crippen LogP contribution < -0.4 is 11.2 Å². The molecule has 0 spiro atoms. The number of pyridine rings is 1. The number of nitrogens with one attached hydrogen (secondary N) is 1. The van der Waals surface area contributed by atoms with Crippen LogP contribution in [0.5, 0.6) is 0 Å². The summed E-state index contributed by atoms with van der Waals surface area (Å²) >= 11 is 0. The number of nitrogens with zero attached hydrogens (tertiary/aromatic N) is 2. The van der Waals surface area contributed by atoms with Crippen LogP contribution in [0.4, 0.5) is 0 Å². The number of aromatic nitrogens is 1. The van der Waals surface area contributed by atoms with Gasteiger partial charge in [0, 0.05) is 31.2 Å².